The molecule has 0 fully saturated rings. The van der Waals surface area contributed by atoms with Crippen molar-refractivity contribution in [2.24, 2.45) is 5.92 Å². The minimum Gasteiger partial charge on any atom is -0.359 e. The molecule has 10 heteroatoms. The van der Waals surface area contributed by atoms with E-state index in [9.17, 15) is 0 Å². The lowest BCUT2D eigenvalue weighted by Gasteiger charge is -2.15. The Morgan fingerprint density at radius 3 is 1.98 bits per heavy atom. The molecule has 0 saturated heterocycles. The first kappa shape index (κ1) is 43.1. The maximum absolute atomic E-state index is 5.81. The van der Waals surface area contributed by atoms with E-state index in [1.54, 1.807) is 28.5 Å². The Hall–Kier alpha value is -4.49. The predicted molar refractivity (Wildman–Crippen MR) is 244 cm³/mol. The van der Waals surface area contributed by atoms with E-state index in [0.717, 1.165) is 54.4 Å². The van der Waals surface area contributed by atoms with Gasteiger partial charge in [-0.15, -0.1) is 5.10 Å². The number of fused-ring (bicyclic) bond motifs is 1. The van der Waals surface area contributed by atoms with Crippen molar-refractivity contribution < 1.29 is 9.47 Å². The normalized spacial score (nSPS) is 13.1. The molecule has 2 aromatic heterocycles. The van der Waals surface area contributed by atoms with E-state index in [4.69, 9.17) is 9.47 Å². The zero-order chi connectivity index (χ0) is 41.1. The summed E-state index contributed by atoms with van der Waals surface area (Å²) >= 11 is 0. The van der Waals surface area contributed by atoms with Crippen molar-refractivity contribution in [1.82, 2.24) is 29.5 Å². The molecule has 1 aliphatic carbocycles. The summed E-state index contributed by atoms with van der Waals surface area (Å²) in [7, 11) is -2.13. The fourth-order valence-electron chi connectivity index (χ4n) is 7.10. The molecule has 58 heavy (non-hydrogen) atoms. The molecule has 8 nitrogen and oxygen atoms in total. The Bertz CT molecular complexity index is 2160. The van der Waals surface area contributed by atoms with E-state index in [2.05, 4.69) is 170 Å². The third-order valence-corrected chi connectivity index (χ3v) is 14.2. The summed E-state index contributed by atoms with van der Waals surface area (Å²) in [5.74, 6) is 2.89. The zero-order valence-electron chi connectivity index (χ0n) is 36.1. The first-order valence-electron chi connectivity index (χ1n) is 21.1. The number of hydrogen-bond donors (Lipinski definition) is 0. The summed E-state index contributed by atoms with van der Waals surface area (Å²) in [6.45, 7) is 21.0. The van der Waals surface area contributed by atoms with E-state index in [1.165, 1.54) is 47.6 Å². The Morgan fingerprint density at radius 2 is 1.31 bits per heavy atom. The molecule has 4 aromatic carbocycles. The predicted octanol–water partition coefficient (Wildman–Crippen LogP) is 11.7. The maximum atomic E-state index is 5.81. The Balaban J connectivity index is 0.000000221. The minimum atomic E-state index is -1.08. The van der Waals surface area contributed by atoms with Crippen LogP contribution in [0.3, 0.4) is 0 Å². The molecule has 0 radical (unpaired) electrons. The number of benzene rings is 4. The molecular weight excluding hydrogens is 749 g/mol. The van der Waals surface area contributed by atoms with Crippen molar-refractivity contribution in [1.29, 1.82) is 0 Å². The average Bonchev–Trinajstić information content (AvgIpc) is 3.98. The number of aryl methyl sites for hydroxylation is 1. The van der Waals surface area contributed by atoms with Crippen molar-refractivity contribution in [2.75, 3.05) is 13.2 Å². The second kappa shape index (κ2) is 20.0. The van der Waals surface area contributed by atoms with Gasteiger partial charge < -0.3 is 9.47 Å². The molecule has 0 atom stereocenters. The SMILES string of the molecule is CC(C)c1cccc(-c2ncnn2COCC[Si](C)(C)C)c1.C[Si](C)(C)CCOCn1cnc(-c2cccc(-c3ccc(CCC4Cc5ccccc5C4)cc3)c2)n1. The Kier molecular flexibility index (Phi) is 14.8. The minimum absolute atomic E-state index is 0.450. The number of nitrogens with zero attached hydrogens (tertiary/aromatic N) is 6. The van der Waals surface area contributed by atoms with Crippen LogP contribution in [-0.4, -0.2) is 58.9 Å². The molecule has 6 aromatic rings. The molecule has 0 N–H and O–H groups in total. The van der Waals surface area contributed by atoms with Gasteiger partial charge in [-0.05, 0) is 95.1 Å². The molecule has 0 aliphatic heterocycles. The highest BCUT2D eigenvalue weighted by atomic mass is 28.3. The molecule has 0 bridgehead atoms. The molecule has 0 amide bonds. The standard InChI is InChI=1S/C31H37N3OSi.C17H27N3OSi/c1-36(2,3)18-17-35-23-34-22-32-31(33-34)30-10-6-9-29(21-30)26-15-13-24(14-16-26)11-12-25-19-27-7-4-5-8-28(27)20-25;1-14(2)15-7-6-8-16(11-15)17-18-12-19-20(17)13-21-9-10-22(3,4)5/h4-10,13-16,21-22,25H,11-12,17-20,23H2,1-3H3;6-8,11-12,14H,9-10,13H2,1-5H3. The third kappa shape index (κ3) is 13.0. The number of hydrogen-bond acceptors (Lipinski definition) is 6. The van der Waals surface area contributed by atoms with Crippen molar-refractivity contribution in [3.8, 4) is 33.9 Å². The number of aromatic nitrogens is 6. The van der Waals surface area contributed by atoms with Crippen LogP contribution in [0.15, 0.2) is 110 Å². The highest BCUT2D eigenvalue weighted by Crippen LogP contribution is 2.30. The highest BCUT2D eigenvalue weighted by molar-refractivity contribution is 6.76. The third-order valence-electron chi connectivity index (χ3n) is 10.8. The van der Waals surface area contributed by atoms with Crippen LogP contribution in [0.4, 0.5) is 0 Å². The number of ether oxygens (including phenoxy) is 2. The van der Waals surface area contributed by atoms with Crippen LogP contribution in [0, 0.1) is 5.92 Å². The van der Waals surface area contributed by atoms with Crippen LogP contribution in [0.1, 0.15) is 48.4 Å². The monoisotopic (exact) mass is 812 g/mol. The van der Waals surface area contributed by atoms with Crippen LogP contribution >= 0.6 is 0 Å². The van der Waals surface area contributed by atoms with E-state index >= 15 is 0 Å². The summed E-state index contributed by atoms with van der Waals surface area (Å²) in [5.41, 5.74) is 10.4. The summed E-state index contributed by atoms with van der Waals surface area (Å²) < 4.78 is 15.2. The fourth-order valence-corrected chi connectivity index (χ4v) is 8.61. The lowest BCUT2D eigenvalue weighted by Crippen LogP contribution is -2.22. The van der Waals surface area contributed by atoms with Gasteiger partial charge in [0.25, 0.3) is 0 Å². The average molecular weight is 813 g/mol. The van der Waals surface area contributed by atoms with Crippen LogP contribution in [-0.2, 0) is 42.2 Å². The van der Waals surface area contributed by atoms with Gasteiger partial charge in [-0.3, -0.25) is 0 Å². The Labute approximate surface area is 349 Å². The van der Waals surface area contributed by atoms with Gasteiger partial charge in [0.1, 0.15) is 26.1 Å². The molecule has 7 rings (SSSR count). The molecule has 2 heterocycles. The van der Waals surface area contributed by atoms with Gasteiger partial charge in [-0.2, -0.15) is 5.10 Å². The van der Waals surface area contributed by atoms with Crippen LogP contribution in [0.2, 0.25) is 51.4 Å². The topological polar surface area (TPSA) is 79.9 Å². The van der Waals surface area contributed by atoms with Crippen molar-refractivity contribution in [3.63, 3.8) is 0 Å². The smallest absolute Gasteiger partial charge is 0.181 e. The maximum Gasteiger partial charge on any atom is 0.181 e. The summed E-state index contributed by atoms with van der Waals surface area (Å²) in [5, 5.41) is 8.93. The van der Waals surface area contributed by atoms with Crippen LogP contribution in [0.5, 0.6) is 0 Å². The van der Waals surface area contributed by atoms with E-state index in [0.29, 0.717) is 19.4 Å². The van der Waals surface area contributed by atoms with Gasteiger partial charge in [-0.25, -0.2) is 19.3 Å². The fraction of sp³-hybridized carbons (Fsp3) is 0.417. The Morgan fingerprint density at radius 1 is 0.672 bits per heavy atom. The second-order valence-electron chi connectivity index (χ2n) is 18.5. The van der Waals surface area contributed by atoms with E-state index in [-0.39, 0.29) is 0 Å². The quantitative estimate of drug-likeness (QED) is 0.0674. The zero-order valence-corrected chi connectivity index (χ0v) is 38.1. The molecule has 306 valence electrons. The van der Waals surface area contributed by atoms with E-state index in [1.807, 2.05) is 4.68 Å². The van der Waals surface area contributed by atoms with Gasteiger partial charge in [0, 0.05) is 40.5 Å². The number of rotatable bonds is 17. The molecule has 0 unspecified atom stereocenters. The van der Waals surface area contributed by atoms with Gasteiger partial charge >= 0.3 is 0 Å². The van der Waals surface area contributed by atoms with Crippen LogP contribution < -0.4 is 0 Å². The van der Waals surface area contributed by atoms with E-state index < -0.39 is 16.1 Å². The van der Waals surface area contributed by atoms with Gasteiger partial charge in [-0.1, -0.05) is 138 Å². The van der Waals surface area contributed by atoms with Gasteiger partial charge in [0.05, 0.1) is 0 Å². The van der Waals surface area contributed by atoms with Crippen LogP contribution in [0.25, 0.3) is 33.9 Å². The molecular formula is C48H64N6O2Si2. The van der Waals surface area contributed by atoms with Gasteiger partial charge in [0.2, 0.25) is 0 Å². The van der Waals surface area contributed by atoms with Crippen molar-refractivity contribution >= 4 is 16.1 Å². The highest BCUT2D eigenvalue weighted by Gasteiger charge is 2.21. The summed E-state index contributed by atoms with van der Waals surface area (Å²) in [6.07, 6.45) is 8.21. The van der Waals surface area contributed by atoms with Crippen molar-refractivity contribution in [2.45, 2.75) is 110 Å². The first-order valence-corrected chi connectivity index (χ1v) is 28.5. The molecule has 0 saturated carbocycles. The lowest BCUT2D eigenvalue weighted by molar-refractivity contribution is 0.0784. The molecule has 0 spiro atoms. The largest absolute Gasteiger partial charge is 0.359 e. The van der Waals surface area contributed by atoms with Gasteiger partial charge in [0.15, 0.2) is 11.6 Å². The second-order valence-corrected chi connectivity index (χ2v) is 29.8. The summed E-state index contributed by atoms with van der Waals surface area (Å²) in [4.78, 5) is 8.92. The first-order chi connectivity index (χ1) is 27.8. The summed E-state index contributed by atoms with van der Waals surface area (Å²) in [6, 6.07) is 37.3. The lowest BCUT2D eigenvalue weighted by atomic mass is 9.95. The molecule has 1 aliphatic rings. The van der Waals surface area contributed by atoms with Crippen molar-refractivity contribution in [3.05, 3.63) is 132 Å².